The van der Waals surface area contributed by atoms with Gasteiger partial charge in [0, 0.05) is 17.8 Å². The van der Waals surface area contributed by atoms with Crippen LogP contribution < -0.4 is 11.5 Å². The molecule has 4 N–H and O–H groups in total. The molecular weight excluding hydrogens is 398 g/mol. The summed E-state index contributed by atoms with van der Waals surface area (Å²) in [5.41, 5.74) is 18.7. The molecule has 2 aromatic rings. The molecule has 0 saturated heterocycles. The van der Waals surface area contributed by atoms with Crippen molar-refractivity contribution < 1.29 is 0 Å². The van der Waals surface area contributed by atoms with Gasteiger partial charge in [0.15, 0.2) is 0 Å². The highest BCUT2D eigenvalue weighted by Gasteiger charge is 2.22. The average molecular weight is 420 g/mol. The van der Waals surface area contributed by atoms with E-state index in [1.807, 2.05) is 27.7 Å². The lowest BCUT2D eigenvalue weighted by molar-refractivity contribution is 1.08. The van der Waals surface area contributed by atoms with Gasteiger partial charge in [0.1, 0.15) is 0 Å². The first-order valence-electron chi connectivity index (χ1n) is 8.16. The van der Waals surface area contributed by atoms with Gasteiger partial charge >= 0.3 is 0 Å². The Labute approximate surface area is 169 Å². The molecule has 0 aromatic heterocycles. The fraction of sp³-hybridized carbons (Fsp3) is 0.368. The van der Waals surface area contributed by atoms with Gasteiger partial charge in [-0.1, -0.05) is 60.3 Å². The van der Waals surface area contributed by atoms with E-state index in [9.17, 15) is 0 Å². The number of rotatable bonds is 4. The van der Waals surface area contributed by atoms with Crippen LogP contribution in [0.5, 0.6) is 0 Å². The summed E-state index contributed by atoms with van der Waals surface area (Å²) in [5, 5.41) is 2.27. The molecule has 2 nitrogen and oxygen atoms in total. The van der Waals surface area contributed by atoms with Crippen LogP contribution in [0.15, 0.2) is 0 Å². The zero-order valence-corrected chi connectivity index (χ0v) is 17.8. The molecule has 0 aliphatic carbocycles. The van der Waals surface area contributed by atoms with Crippen molar-refractivity contribution in [2.75, 3.05) is 11.5 Å². The lowest BCUT2D eigenvalue weighted by atomic mass is 9.93. The molecule has 0 heterocycles. The lowest BCUT2D eigenvalue weighted by Crippen LogP contribution is -2.06. The van der Waals surface area contributed by atoms with E-state index in [2.05, 4.69) is 0 Å². The monoisotopic (exact) mass is 418 g/mol. The summed E-state index contributed by atoms with van der Waals surface area (Å²) in [7, 11) is 0. The highest BCUT2D eigenvalue weighted by Crippen LogP contribution is 2.42. The van der Waals surface area contributed by atoms with E-state index in [4.69, 9.17) is 57.9 Å². The molecular formula is C19H22Cl4N2. The minimum absolute atomic E-state index is 0.428. The molecule has 25 heavy (non-hydrogen) atoms. The SMILES string of the molecule is CCc1c(N)c(C)c(Cl)c(Cc2c(Cl)c(C)c(N)c(CC)c2Cl)c1Cl. The first-order valence-corrected chi connectivity index (χ1v) is 9.67. The Bertz CT molecular complexity index is 775. The largest absolute Gasteiger partial charge is 0.398 e. The number of nitrogen functional groups attached to an aromatic ring is 2. The first-order chi connectivity index (χ1) is 11.7. The van der Waals surface area contributed by atoms with Gasteiger partial charge in [-0.05, 0) is 60.1 Å². The van der Waals surface area contributed by atoms with Crippen LogP contribution in [-0.4, -0.2) is 0 Å². The van der Waals surface area contributed by atoms with Crippen molar-refractivity contribution in [2.45, 2.75) is 47.0 Å². The molecule has 0 unspecified atom stereocenters. The van der Waals surface area contributed by atoms with Gasteiger partial charge in [-0.3, -0.25) is 0 Å². The van der Waals surface area contributed by atoms with Gasteiger partial charge in [0.05, 0.1) is 20.1 Å². The minimum atomic E-state index is 0.428. The molecule has 0 radical (unpaired) electrons. The van der Waals surface area contributed by atoms with Crippen molar-refractivity contribution >= 4 is 57.8 Å². The molecule has 0 amide bonds. The van der Waals surface area contributed by atoms with E-state index in [1.54, 1.807) is 0 Å². The van der Waals surface area contributed by atoms with Crippen molar-refractivity contribution in [1.82, 2.24) is 0 Å². The normalized spacial score (nSPS) is 11.2. The van der Waals surface area contributed by atoms with Crippen molar-refractivity contribution in [1.29, 1.82) is 0 Å². The van der Waals surface area contributed by atoms with E-state index in [0.717, 1.165) is 46.2 Å². The second kappa shape index (κ2) is 7.84. The molecule has 0 bridgehead atoms. The number of anilines is 2. The van der Waals surface area contributed by atoms with Crippen LogP contribution >= 0.6 is 46.4 Å². The second-order valence-electron chi connectivity index (χ2n) is 6.13. The molecule has 2 rings (SSSR count). The standard InChI is InChI=1S/C19H22Cl4N2/c1-5-10-16(22)12(14(20)8(3)18(10)24)7-13-15(21)9(4)19(25)11(6-2)17(13)23/h5-7,24-25H2,1-4H3. The van der Waals surface area contributed by atoms with Crippen molar-refractivity contribution in [3.8, 4) is 0 Å². The Morgan fingerprint density at radius 3 is 1.20 bits per heavy atom. The predicted octanol–water partition coefficient (Wildman–Crippen LogP) is 6.80. The Morgan fingerprint density at radius 2 is 0.920 bits per heavy atom. The van der Waals surface area contributed by atoms with Crippen LogP contribution in [0.2, 0.25) is 20.1 Å². The maximum atomic E-state index is 6.62. The maximum absolute atomic E-state index is 6.62. The Morgan fingerprint density at radius 1 is 0.600 bits per heavy atom. The molecule has 0 saturated carbocycles. The molecule has 6 heteroatoms. The van der Waals surface area contributed by atoms with Crippen LogP contribution in [0.3, 0.4) is 0 Å². The highest BCUT2D eigenvalue weighted by atomic mass is 35.5. The third kappa shape index (κ3) is 3.42. The molecule has 136 valence electrons. The topological polar surface area (TPSA) is 52.0 Å². The summed E-state index contributed by atoms with van der Waals surface area (Å²) in [6, 6.07) is 0. The van der Waals surface area contributed by atoms with Gasteiger partial charge in [-0.15, -0.1) is 0 Å². The third-order valence-electron chi connectivity index (χ3n) is 4.77. The molecule has 0 aliphatic heterocycles. The molecule has 0 atom stereocenters. The highest BCUT2D eigenvalue weighted by molar-refractivity contribution is 6.39. The number of nitrogens with two attached hydrogens (primary N) is 2. The second-order valence-corrected chi connectivity index (χ2v) is 7.64. The van der Waals surface area contributed by atoms with Gasteiger partial charge < -0.3 is 11.5 Å². The van der Waals surface area contributed by atoms with Crippen LogP contribution in [0.4, 0.5) is 11.4 Å². The van der Waals surface area contributed by atoms with Gasteiger partial charge in [0.25, 0.3) is 0 Å². The molecule has 0 fully saturated rings. The Kier molecular flexibility index (Phi) is 6.43. The molecule has 0 spiro atoms. The quantitative estimate of drug-likeness (QED) is 0.535. The van der Waals surface area contributed by atoms with Gasteiger partial charge in [-0.2, -0.15) is 0 Å². The predicted molar refractivity (Wildman–Crippen MR) is 113 cm³/mol. The van der Waals surface area contributed by atoms with Crippen molar-refractivity contribution in [3.63, 3.8) is 0 Å². The van der Waals surface area contributed by atoms with E-state index in [0.29, 0.717) is 37.9 Å². The fourth-order valence-corrected chi connectivity index (χ4v) is 4.53. The summed E-state index contributed by atoms with van der Waals surface area (Å²) >= 11 is 26.3. The average Bonchev–Trinajstić information content (AvgIpc) is 2.58. The Balaban J connectivity index is 2.74. The number of hydrogen-bond donors (Lipinski definition) is 2. The summed E-state index contributed by atoms with van der Waals surface area (Å²) in [4.78, 5) is 0. The number of hydrogen-bond acceptors (Lipinski definition) is 2. The summed E-state index contributed by atoms with van der Waals surface area (Å²) < 4.78 is 0. The van der Waals surface area contributed by atoms with Gasteiger partial charge in [0.2, 0.25) is 0 Å². The lowest BCUT2D eigenvalue weighted by Gasteiger charge is -2.20. The first kappa shape index (κ1) is 20.5. The van der Waals surface area contributed by atoms with Crippen LogP contribution in [0.25, 0.3) is 0 Å². The maximum Gasteiger partial charge on any atom is 0.0508 e. The number of benzene rings is 2. The van der Waals surface area contributed by atoms with E-state index in [1.165, 1.54) is 0 Å². The number of halogens is 4. The summed E-state index contributed by atoms with van der Waals surface area (Å²) in [6.07, 6.45) is 1.87. The molecule has 2 aromatic carbocycles. The smallest absolute Gasteiger partial charge is 0.0508 e. The van der Waals surface area contributed by atoms with E-state index < -0.39 is 0 Å². The van der Waals surface area contributed by atoms with Crippen molar-refractivity contribution in [2.24, 2.45) is 0 Å². The zero-order valence-electron chi connectivity index (χ0n) is 14.8. The van der Waals surface area contributed by atoms with Crippen molar-refractivity contribution in [3.05, 3.63) is 53.5 Å². The fourth-order valence-electron chi connectivity index (χ4n) is 3.11. The Hall–Kier alpha value is -0.800. The van der Waals surface area contributed by atoms with E-state index in [-0.39, 0.29) is 0 Å². The van der Waals surface area contributed by atoms with Crippen LogP contribution in [0.1, 0.15) is 47.2 Å². The third-order valence-corrected chi connectivity index (χ3v) is 6.70. The van der Waals surface area contributed by atoms with E-state index >= 15 is 0 Å². The minimum Gasteiger partial charge on any atom is -0.398 e. The zero-order chi connectivity index (χ0) is 19.0. The molecule has 0 aliphatic rings. The van der Waals surface area contributed by atoms with Crippen LogP contribution in [0, 0.1) is 13.8 Å². The summed E-state index contributed by atoms with van der Waals surface area (Å²) in [5.74, 6) is 0. The summed E-state index contributed by atoms with van der Waals surface area (Å²) in [6.45, 7) is 7.81. The van der Waals surface area contributed by atoms with Crippen LogP contribution in [-0.2, 0) is 19.3 Å². The van der Waals surface area contributed by atoms with Gasteiger partial charge in [-0.25, -0.2) is 0 Å².